The lowest BCUT2D eigenvalue weighted by Crippen LogP contribution is -2.26. The van der Waals surface area contributed by atoms with Crippen LogP contribution in [0.1, 0.15) is 34.0 Å². The van der Waals surface area contributed by atoms with Crippen molar-refractivity contribution >= 4 is 58.5 Å². The number of nitrogens with one attached hydrogen (secondary N) is 1. The predicted molar refractivity (Wildman–Crippen MR) is 104 cm³/mol. The molecule has 0 aromatic carbocycles. The zero-order valence-electron chi connectivity index (χ0n) is 13.1. The second-order valence-electron chi connectivity index (χ2n) is 5.15. The van der Waals surface area contributed by atoms with Gasteiger partial charge in [-0.2, -0.15) is 0 Å². The Bertz CT molecular complexity index is 643. The molecule has 0 spiro atoms. The number of carbonyl (C=O) groups excluding carboxylic acids is 1. The lowest BCUT2D eigenvalue weighted by molar-refractivity contribution is 0.0949. The second-order valence-corrected chi connectivity index (χ2v) is 6.93. The topological polar surface area (TPSA) is 84.1 Å². The van der Waals surface area contributed by atoms with Crippen LogP contribution >= 0.6 is 47.5 Å². The van der Waals surface area contributed by atoms with E-state index in [0.29, 0.717) is 18.8 Å². The molecule has 24 heavy (non-hydrogen) atoms. The maximum absolute atomic E-state index is 11.9. The van der Waals surface area contributed by atoms with Crippen molar-refractivity contribution in [3.05, 3.63) is 27.2 Å². The van der Waals surface area contributed by atoms with E-state index >= 15 is 0 Å². The van der Waals surface area contributed by atoms with E-state index in [1.807, 2.05) is 0 Å². The first-order chi connectivity index (χ1) is 10.8. The zero-order valence-corrected chi connectivity index (χ0v) is 16.3. The van der Waals surface area contributed by atoms with Gasteiger partial charge in [-0.1, -0.05) is 0 Å². The van der Waals surface area contributed by atoms with Crippen molar-refractivity contribution in [1.29, 1.82) is 0 Å². The van der Waals surface area contributed by atoms with Crippen LogP contribution in [0.3, 0.4) is 0 Å². The van der Waals surface area contributed by atoms with Crippen molar-refractivity contribution < 1.29 is 4.79 Å². The minimum Gasteiger partial charge on any atom is -0.350 e. The van der Waals surface area contributed by atoms with Gasteiger partial charge in [0.15, 0.2) is 5.13 Å². The summed E-state index contributed by atoms with van der Waals surface area (Å²) in [5, 5.41) is 8.58. The van der Waals surface area contributed by atoms with E-state index in [4.69, 9.17) is 5.73 Å². The molecule has 6 nitrogen and oxygen atoms in total. The van der Waals surface area contributed by atoms with Gasteiger partial charge in [-0.05, 0) is 12.8 Å². The molecule has 2 aromatic heterocycles. The highest BCUT2D eigenvalue weighted by Crippen LogP contribution is 2.24. The summed E-state index contributed by atoms with van der Waals surface area (Å²) in [6, 6.07) is 0. The third kappa shape index (κ3) is 5.29. The lowest BCUT2D eigenvalue weighted by Gasteiger charge is -2.12. The summed E-state index contributed by atoms with van der Waals surface area (Å²) in [6.07, 6.45) is 3.25. The quantitative estimate of drug-likeness (QED) is 0.765. The van der Waals surface area contributed by atoms with Gasteiger partial charge in [-0.3, -0.25) is 4.79 Å². The number of halogens is 2. The monoisotopic (exact) mass is 409 g/mol. The van der Waals surface area contributed by atoms with Crippen molar-refractivity contribution in [2.45, 2.75) is 25.8 Å². The zero-order chi connectivity index (χ0) is 15.4. The molecule has 1 fully saturated rings. The number of hydrogen-bond acceptors (Lipinski definition) is 7. The molecule has 0 bridgehead atoms. The Morgan fingerprint density at radius 2 is 1.96 bits per heavy atom. The first kappa shape index (κ1) is 21.1. The first-order valence-electron chi connectivity index (χ1n) is 7.38. The number of nitrogens with zero attached hydrogens (tertiary/aromatic N) is 3. The molecule has 0 aliphatic carbocycles. The SMILES string of the molecule is Cl.Cl.NCc1nc(C(=O)NCCc2csc(N3CCCC3)n2)cs1. The van der Waals surface area contributed by atoms with Crippen LogP contribution in [-0.2, 0) is 13.0 Å². The molecule has 0 saturated carbocycles. The number of rotatable bonds is 6. The predicted octanol–water partition coefficient (Wildman–Crippen LogP) is 2.47. The summed E-state index contributed by atoms with van der Waals surface area (Å²) < 4.78 is 0. The van der Waals surface area contributed by atoms with Gasteiger partial charge in [0.2, 0.25) is 0 Å². The van der Waals surface area contributed by atoms with Crippen molar-refractivity contribution in [3.63, 3.8) is 0 Å². The van der Waals surface area contributed by atoms with E-state index in [1.54, 1.807) is 16.7 Å². The summed E-state index contributed by atoms with van der Waals surface area (Å²) in [7, 11) is 0. The van der Waals surface area contributed by atoms with Gasteiger partial charge in [-0.15, -0.1) is 47.5 Å². The summed E-state index contributed by atoms with van der Waals surface area (Å²) in [5.74, 6) is -0.147. The Kier molecular flexibility index (Phi) is 8.93. The molecule has 1 aliphatic heterocycles. The van der Waals surface area contributed by atoms with Gasteiger partial charge in [0.05, 0.1) is 5.69 Å². The van der Waals surface area contributed by atoms with Crippen molar-refractivity contribution in [2.75, 3.05) is 24.5 Å². The molecule has 3 rings (SSSR count). The Morgan fingerprint density at radius 1 is 1.21 bits per heavy atom. The fourth-order valence-corrected chi connectivity index (χ4v) is 3.94. The fourth-order valence-electron chi connectivity index (χ4n) is 2.37. The van der Waals surface area contributed by atoms with E-state index < -0.39 is 0 Å². The average Bonchev–Trinajstić information content (AvgIpc) is 3.27. The summed E-state index contributed by atoms with van der Waals surface area (Å²) in [5.41, 5.74) is 6.98. The number of carbonyl (C=O) groups is 1. The van der Waals surface area contributed by atoms with Gasteiger partial charge in [0.1, 0.15) is 10.7 Å². The summed E-state index contributed by atoms with van der Waals surface area (Å²) >= 11 is 3.10. The average molecular weight is 410 g/mol. The van der Waals surface area contributed by atoms with Crippen LogP contribution in [0.15, 0.2) is 10.8 Å². The molecule has 1 amide bonds. The molecule has 0 unspecified atom stereocenters. The van der Waals surface area contributed by atoms with E-state index in [9.17, 15) is 4.79 Å². The normalized spacial score (nSPS) is 13.3. The molecule has 10 heteroatoms. The fraction of sp³-hybridized carbons (Fsp3) is 0.500. The van der Waals surface area contributed by atoms with Crippen molar-refractivity contribution in [2.24, 2.45) is 5.73 Å². The van der Waals surface area contributed by atoms with Crippen LogP contribution in [0.2, 0.25) is 0 Å². The van der Waals surface area contributed by atoms with Crippen LogP contribution < -0.4 is 16.0 Å². The number of nitrogens with two attached hydrogens (primary N) is 1. The molecule has 1 saturated heterocycles. The van der Waals surface area contributed by atoms with Crippen LogP contribution in [0, 0.1) is 0 Å². The van der Waals surface area contributed by atoms with Crippen LogP contribution in [-0.4, -0.2) is 35.5 Å². The van der Waals surface area contributed by atoms with E-state index in [0.717, 1.165) is 35.3 Å². The smallest absolute Gasteiger partial charge is 0.270 e. The molecule has 2 aromatic rings. The Labute approximate surface area is 161 Å². The van der Waals surface area contributed by atoms with Gasteiger partial charge in [0, 0.05) is 43.4 Å². The van der Waals surface area contributed by atoms with Gasteiger partial charge < -0.3 is 16.0 Å². The molecule has 3 N–H and O–H groups in total. The number of anilines is 1. The minimum absolute atomic E-state index is 0. The van der Waals surface area contributed by atoms with E-state index in [1.165, 1.54) is 24.2 Å². The molecular weight excluding hydrogens is 389 g/mol. The number of aromatic nitrogens is 2. The minimum atomic E-state index is -0.147. The van der Waals surface area contributed by atoms with Gasteiger partial charge in [0.25, 0.3) is 5.91 Å². The number of amides is 1. The van der Waals surface area contributed by atoms with Gasteiger partial charge in [-0.25, -0.2) is 9.97 Å². The van der Waals surface area contributed by atoms with Crippen molar-refractivity contribution in [1.82, 2.24) is 15.3 Å². The largest absolute Gasteiger partial charge is 0.350 e. The van der Waals surface area contributed by atoms with Crippen LogP contribution in [0.25, 0.3) is 0 Å². The van der Waals surface area contributed by atoms with E-state index in [-0.39, 0.29) is 30.7 Å². The Balaban J connectivity index is 0.00000144. The maximum Gasteiger partial charge on any atom is 0.270 e. The standard InChI is InChI=1S/C14H19N5OS2.2ClH/c15-7-12-18-11(9-21-12)13(20)16-4-3-10-8-22-14(17-10)19-5-1-2-6-19;;/h8-9H,1-7,15H2,(H,16,20);2*1H. The molecule has 0 radical (unpaired) electrons. The highest BCUT2D eigenvalue weighted by molar-refractivity contribution is 7.13. The summed E-state index contributed by atoms with van der Waals surface area (Å²) in [4.78, 5) is 23.1. The molecule has 0 atom stereocenters. The van der Waals surface area contributed by atoms with E-state index in [2.05, 4.69) is 25.6 Å². The van der Waals surface area contributed by atoms with Crippen molar-refractivity contribution in [3.8, 4) is 0 Å². The lowest BCUT2D eigenvalue weighted by atomic mass is 10.3. The summed E-state index contributed by atoms with van der Waals surface area (Å²) in [6.45, 7) is 3.15. The van der Waals surface area contributed by atoms with Crippen LogP contribution in [0.5, 0.6) is 0 Å². The highest BCUT2D eigenvalue weighted by atomic mass is 35.5. The molecular formula is C14H21Cl2N5OS2. The molecule has 134 valence electrons. The Hall–Kier alpha value is -0.930. The first-order valence-corrected chi connectivity index (χ1v) is 9.14. The number of thiazole rings is 2. The second kappa shape index (κ2) is 10.1. The third-order valence-corrected chi connectivity index (χ3v) is 5.36. The molecule has 3 heterocycles. The number of hydrogen-bond donors (Lipinski definition) is 2. The molecule has 1 aliphatic rings. The maximum atomic E-state index is 11.9. The Morgan fingerprint density at radius 3 is 2.62 bits per heavy atom. The van der Waals surface area contributed by atoms with Gasteiger partial charge >= 0.3 is 0 Å². The highest BCUT2D eigenvalue weighted by Gasteiger charge is 2.15. The third-order valence-electron chi connectivity index (χ3n) is 3.54. The van der Waals surface area contributed by atoms with Crippen LogP contribution in [0.4, 0.5) is 5.13 Å².